The quantitative estimate of drug-likeness (QED) is 0.710. The van der Waals surface area contributed by atoms with Crippen molar-refractivity contribution in [3.8, 4) is 17.1 Å². The molecule has 0 saturated carbocycles. The van der Waals surface area contributed by atoms with Gasteiger partial charge in [-0.25, -0.2) is 9.97 Å². The van der Waals surface area contributed by atoms with Crippen molar-refractivity contribution in [2.24, 2.45) is 7.05 Å². The lowest BCUT2D eigenvalue weighted by Crippen LogP contribution is -1.93. The zero-order chi connectivity index (χ0) is 12.7. The molecule has 0 amide bonds. The van der Waals surface area contributed by atoms with E-state index in [1.807, 2.05) is 42.8 Å². The highest BCUT2D eigenvalue weighted by molar-refractivity contribution is 5.78. The van der Waals surface area contributed by atoms with Crippen LogP contribution in [-0.4, -0.2) is 19.6 Å². The molecule has 4 heteroatoms. The van der Waals surface area contributed by atoms with E-state index in [0.717, 1.165) is 22.5 Å². The summed E-state index contributed by atoms with van der Waals surface area (Å²) in [4.78, 5) is 8.69. The number of aromatic hydroxyl groups is 1. The van der Waals surface area contributed by atoms with Crippen LogP contribution in [0.2, 0.25) is 0 Å². The van der Waals surface area contributed by atoms with Gasteiger partial charge in [0.2, 0.25) is 0 Å². The van der Waals surface area contributed by atoms with Crippen LogP contribution in [-0.2, 0) is 7.05 Å². The van der Waals surface area contributed by atoms with Gasteiger partial charge in [0.15, 0.2) is 5.65 Å². The van der Waals surface area contributed by atoms with Gasteiger partial charge in [0.05, 0.1) is 11.1 Å². The molecule has 3 aromatic rings. The van der Waals surface area contributed by atoms with E-state index in [9.17, 15) is 5.11 Å². The second-order valence-electron chi connectivity index (χ2n) is 4.36. The molecule has 1 N–H and O–H groups in total. The van der Waals surface area contributed by atoms with Gasteiger partial charge in [0.25, 0.3) is 0 Å². The molecule has 0 saturated heterocycles. The fraction of sp³-hybridized carbons (Fsp3) is 0.143. The average Bonchev–Trinajstić information content (AvgIpc) is 2.68. The van der Waals surface area contributed by atoms with Gasteiger partial charge in [-0.05, 0) is 36.8 Å². The highest BCUT2D eigenvalue weighted by Crippen LogP contribution is 2.30. The Morgan fingerprint density at radius 2 is 2.06 bits per heavy atom. The smallest absolute Gasteiger partial charge is 0.178 e. The maximum Gasteiger partial charge on any atom is 0.178 e. The van der Waals surface area contributed by atoms with E-state index in [0.29, 0.717) is 5.65 Å². The van der Waals surface area contributed by atoms with Gasteiger partial charge in [-0.15, -0.1) is 0 Å². The second kappa shape index (κ2) is 3.84. The molecule has 2 heterocycles. The molecule has 0 aliphatic carbocycles. The summed E-state index contributed by atoms with van der Waals surface area (Å²) in [6, 6.07) is 9.42. The van der Waals surface area contributed by atoms with E-state index in [2.05, 4.69) is 9.97 Å². The van der Waals surface area contributed by atoms with Crippen molar-refractivity contribution in [2.45, 2.75) is 6.92 Å². The summed E-state index contributed by atoms with van der Waals surface area (Å²) >= 11 is 0. The van der Waals surface area contributed by atoms with Crippen LogP contribution in [0.15, 0.2) is 36.5 Å². The van der Waals surface area contributed by atoms with Crippen LogP contribution in [0.3, 0.4) is 0 Å². The minimum absolute atomic E-state index is 0.244. The number of hydrogen-bond donors (Lipinski definition) is 1. The maximum atomic E-state index is 10.0. The number of imidazole rings is 1. The predicted molar refractivity (Wildman–Crippen MR) is 70.3 cm³/mol. The molecule has 90 valence electrons. The molecule has 0 spiro atoms. The molecule has 4 nitrogen and oxygen atoms in total. The minimum Gasteiger partial charge on any atom is -0.507 e. The van der Waals surface area contributed by atoms with Crippen LogP contribution in [0.25, 0.3) is 22.6 Å². The third-order valence-corrected chi connectivity index (χ3v) is 3.05. The van der Waals surface area contributed by atoms with Crippen LogP contribution in [0, 0.1) is 6.92 Å². The van der Waals surface area contributed by atoms with E-state index in [4.69, 9.17) is 0 Å². The fourth-order valence-electron chi connectivity index (χ4n) is 2.10. The lowest BCUT2D eigenvalue weighted by molar-refractivity contribution is 0.476. The van der Waals surface area contributed by atoms with Crippen LogP contribution >= 0.6 is 0 Å². The molecular weight excluding hydrogens is 226 g/mol. The van der Waals surface area contributed by atoms with Crippen molar-refractivity contribution in [3.05, 3.63) is 42.1 Å². The van der Waals surface area contributed by atoms with Gasteiger partial charge in [-0.2, -0.15) is 0 Å². The van der Waals surface area contributed by atoms with E-state index in [1.165, 1.54) is 0 Å². The normalized spacial score (nSPS) is 11.0. The zero-order valence-corrected chi connectivity index (χ0v) is 10.3. The van der Waals surface area contributed by atoms with Gasteiger partial charge in [0.1, 0.15) is 11.6 Å². The number of nitrogens with zero attached hydrogens (tertiary/aromatic N) is 3. The lowest BCUT2D eigenvalue weighted by atomic mass is 10.1. The Hall–Kier alpha value is -2.36. The highest BCUT2D eigenvalue weighted by atomic mass is 16.3. The summed E-state index contributed by atoms with van der Waals surface area (Å²) in [7, 11) is 1.92. The lowest BCUT2D eigenvalue weighted by Gasteiger charge is -2.05. The van der Waals surface area contributed by atoms with Gasteiger partial charge >= 0.3 is 0 Å². The number of benzene rings is 1. The molecule has 0 aliphatic rings. The molecule has 0 atom stereocenters. The standard InChI is InChI=1S/C14H13N3O/c1-9-5-6-10(12(18)8-9)14-16-13-11(17(14)2)4-3-7-15-13/h3-8,18H,1-2H3. The molecule has 0 unspecified atom stereocenters. The molecule has 3 rings (SSSR count). The van der Waals surface area contributed by atoms with E-state index < -0.39 is 0 Å². The van der Waals surface area contributed by atoms with Gasteiger partial charge in [-0.1, -0.05) is 6.07 Å². The Morgan fingerprint density at radius 3 is 2.78 bits per heavy atom. The Kier molecular flexibility index (Phi) is 2.30. The summed E-state index contributed by atoms with van der Waals surface area (Å²) < 4.78 is 1.94. The fourth-order valence-corrected chi connectivity index (χ4v) is 2.10. The first-order valence-electron chi connectivity index (χ1n) is 5.74. The predicted octanol–water partition coefficient (Wildman–Crippen LogP) is 2.65. The molecule has 2 aromatic heterocycles. The van der Waals surface area contributed by atoms with Gasteiger partial charge in [-0.3, -0.25) is 0 Å². The Balaban J connectivity index is 2.28. The number of phenols is 1. The number of hydrogen-bond acceptors (Lipinski definition) is 3. The third-order valence-electron chi connectivity index (χ3n) is 3.05. The van der Waals surface area contributed by atoms with Gasteiger partial charge < -0.3 is 9.67 Å². The molecule has 0 radical (unpaired) electrons. The minimum atomic E-state index is 0.244. The summed E-state index contributed by atoms with van der Waals surface area (Å²) in [5.74, 6) is 0.967. The SMILES string of the molecule is Cc1ccc(-c2nc3ncccc3n2C)c(O)c1. The van der Waals surface area contributed by atoms with Crippen LogP contribution in [0.4, 0.5) is 0 Å². The molecule has 0 fully saturated rings. The van der Waals surface area contributed by atoms with Crippen molar-refractivity contribution in [3.63, 3.8) is 0 Å². The number of phenolic OH excluding ortho intramolecular Hbond substituents is 1. The largest absolute Gasteiger partial charge is 0.507 e. The van der Waals surface area contributed by atoms with Crippen LogP contribution in [0.5, 0.6) is 5.75 Å². The second-order valence-corrected chi connectivity index (χ2v) is 4.36. The van der Waals surface area contributed by atoms with Crippen molar-refractivity contribution < 1.29 is 5.11 Å². The zero-order valence-electron chi connectivity index (χ0n) is 10.3. The number of rotatable bonds is 1. The number of aromatic nitrogens is 3. The molecule has 0 bridgehead atoms. The first kappa shape index (κ1) is 10.8. The summed E-state index contributed by atoms with van der Waals surface area (Å²) in [6.45, 7) is 1.94. The first-order chi connectivity index (χ1) is 8.66. The average molecular weight is 239 g/mol. The summed E-state index contributed by atoms with van der Waals surface area (Å²) in [5.41, 5.74) is 3.39. The van der Waals surface area contributed by atoms with Crippen molar-refractivity contribution in [1.29, 1.82) is 0 Å². The Bertz CT molecular complexity index is 731. The number of pyridine rings is 1. The van der Waals surface area contributed by atoms with E-state index in [-0.39, 0.29) is 5.75 Å². The van der Waals surface area contributed by atoms with Crippen LogP contribution < -0.4 is 0 Å². The Morgan fingerprint density at radius 1 is 1.22 bits per heavy atom. The molecular formula is C14H13N3O. The first-order valence-corrected chi connectivity index (χ1v) is 5.74. The van der Waals surface area contributed by atoms with Crippen molar-refractivity contribution in [2.75, 3.05) is 0 Å². The number of fused-ring (bicyclic) bond motifs is 1. The monoisotopic (exact) mass is 239 g/mol. The molecule has 18 heavy (non-hydrogen) atoms. The molecule has 1 aromatic carbocycles. The highest BCUT2D eigenvalue weighted by Gasteiger charge is 2.13. The number of aryl methyl sites for hydroxylation is 2. The summed E-state index contributed by atoms with van der Waals surface area (Å²) in [5, 5.41) is 10.0. The maximum absolute atomic E-state index is 10.0. The van der Waals surface area contributed by atoms with Crippen molar-refractivity contribution in [1.82, 2.24) is 14.5 Å². The van der Waals surface area contributed by atoms with E-state index >= 15 is 0 Å². The van der Waals surface area contributed by atoms with Gasteiger partial charge in [0, 0.05) is 13.2 Å². The third kappa shape index (κ3) is 1.54. The van der Waals surface area contributed by atoms with E-state index in [1.54, 1.807) is 12.3 Å². The topological polar surface area (TPSA) is 50.9 Å². The Labute approximate surface area is 105 Å². The van der Waals surface area contributed by atoms with Crippen LogP contribution in [0.1, 0.15) is 5.56 Å². The van der Waals surface area contributed by atoms with Crippen molar-refractivity contribution >= 4 is 11.2 Å². The summed E-state index contributed by atoms with van der Waals surface area (Å²) in [6.07, 6.45) is 1.72. The molecule has 0 aliphatic heterocycles.